The van der Waals surface area contributed by atoms with E-state index < -0.39 is 9.83 Å². The van der Waals surface area contributed by atoms with Crippen LogP contribution >= 0.6 is 34.8 Å². The zero-order valence-electron chi connectivity index (χ0n) is 10.5. The van der Waals surface area contributed by atoms with Crippen molar-refractivity contribution in [1.29, 1.82) is 0 Å². The summed E-state index contributed by atoms with van der Waals surface area (Å²) in [6.07, 6.45) is 3.68. The average Bonchev–Trinajstić information content (AvgIpc) is 2.37. The lowest BCUT2D eigenvalue weighted by atomic mass is 10.1. The number of nitrogens with zero attached hydrogens (tertiary/aromatic N) is 1. The third-order valence-electron chi connectivity index (χ3n) is 2.67. The zero-order chi connectivity index (χ0) is 14.5. The molecule has 2 N–H and O–H groups in total. The Morgan fingerprint density at radius 1 is 1.11 bits per heavy atom. The lowest BCUT2D eigenvalue weighted by molar-refractivity contribution is 0.747. The first-order chi connectivity index (χ1) is 8.90. The first-order valence-electron chi connectivity index (χ1n) is 5.79. The summed E-state index contributed by atoms with van der Waals surface area (Å²) in [4.78, 5) is 2.12. The van der Waals surface area contributed by atoms with Crippen molar-refractivity contribution >= 4 is 40.5 Å². The van der Waals surface area contributed by atoms with E-state index in [0.717, 1.165) is 24.3 Å². The topological polar surface area (TPSA) is 29.3 Å². The van der Waals surface area contributed by atoms with Crippen molar-refractivity contribution in [2.24, 2.45) is 5.73 Å². The number of hydrogen-bond acceptors (Lipinski definition) is 2. The number of rotatable bonds is 6. The maximum absolute atomic E-state index is 5.87. The number of alkyl halides is 3. The molecule has 0 saturated carbocycles. The predicted molar refractivity (Wildman–Crippen MR) is 86.3 cm³/mol. The van der Waals surface area contributed by atoms with Crippen LogP contribution in [0.2, 0.25) is 0 Å². The maximum Gasteiger partial charge on any atom is 0.209 e. The maximum atomic E-state index is 5.87. The molecule has 19 heavy (non-hydrogen) atoms. The van der Waals surface area contributed by atoms with Gasteiger partial charge >= 0.3 is 0 Å². The van der Waals surface area contributed by atoms with Gasteiger partial charge in [0.25, 0.3) is 0 Å². The normalized spacial score (nSPS) is 12.8. The van der Waals surface area contributed by atoms with Gasteiger partial charge in [0.05, 0.1) is 6.04 Å². The van der Waals surface area contributed by atoms with E-state index in [2.05, 4.69) is 18.1 Å². The Labute approximate surface area is 129 Å². The molecule has 5 heteroatoms. The van der Waals surface area contributed by atoms with Crippen molar-refractivity contribution in [3.63, 3.8) is 0 Å². The molecule has 0 saturated heterocycles. The van der Waals surface area contributed by atoms with Crippen molar-refractivity contribution in [3.8, 4) is 0 Å². The molecule has 104 valence electrons. The van der Waals surface area contributed by atoms with E-state index in [0.29, 0.717) is 0 Å². The van der Waals surface area contributed by atoms with Crippen molar-refractivity contribution in [3.05, 3.63) is 55.1 Å². The van der Waals surface area contributed by atoms with Gasteiger partial charge in [-0.25, -0.2) is 0 Å². The van der Waals surface area contributed by atoms with E-state index in [1.807, 2.05) is 36.4 Å². The van der Waals surface area contributed by atoms with Gasteiger partial charge in [0, 0.05) is 18.8 Å². The predicted octanol–water partition coefficient (Wildman–Crippen LogP) is 4.24. The van der Waals surface area contributed by atoms with Gasteiger partial charge in [-0.1, -0.05) is 59.1 Å². The lowest BCUT2D eigenvalue weighted by Gasteiger charge is -2.24. The molecule has 1 unspecified atom stereocenters. The highest BCUT2D eigenvalue weighted by Gasteiger charge is 2.30. The zero-order valence-corrected chi connectivity index (χ0v) is 12.8. The molecule has 1 rings (SSSR count). The second-order valence-corrected chi connectivity index (χ2v) is 6.46. The summed E-state index contributed by atoms with van der Waals surface area (Å²) < 4.78 is -1.51. The third kappa shape index (κ3) is 4.73. The van der Waals surface area contributed by atoms with Gasteiger partial charge in [-0.3, -0.25) is 0 Å². The minimum atomic E-state index is -1.51. The Bertz CT molecular complexity index is 413. The Kier molecular flexibility index (Phi) is 6.21. The molecule has 0 fully saturated rings. The van der Waals surface area contributed by atoms with Gasteiger partial charge in [0.1, 0.15) is 0 Å². The van der Waals surface area contributed by atoms with Crippen molar-refractivity contribution in [2.45, 2.75) is 9.83 Å². The molecule has 0 aliphatic rings. The van der Waals surface area contributed by atoms with E-state index in [9.17, 15) is 0 Å². The van der Waals surface area contributed by atoms with Crippen LogP contribution in [0, 0.1) is 0 Å². The second-order valence-electron chi connectivity index (χ2n) is 4.09. The molecule has 1 atom stereocenters. The molecule has 1 aromatic carbocycles. The van der Waals surface area contributed by atoms with Crippen LogP contribution in [0.25, 0.3) is 0 Å². The van der Waals surface area contributed by atoms with Gasteiger partial charge in [0.2, 0.25) is 3.79 Å². The van der Waals surface area contributed by atoms with E-state index >= 15 is 0 Å². The fourth-order valence-corrected chi connectivity index (χ4v) is 2.06. The fourth-order valence-electron chi connectivity index (χ4n) is 1.68. The number of nitrogens with two attached hydrogens (primary N) is 1. The molecule has 0 aliphatic carbocycles. The smallest absolute Gasteiger partial charge is 0.209 e. The Morgan fingerprint density at radius 3 is 1.95 bits per heavy atom. The van der Waals surface area contributed by atoms with Crippen LogP contribution in [0.4, 0.5) is 5.69 Å². The molecule has 2 nitrogen and oxygen atoms in total. The summed E-state index contributed by atoms with van der Waals surface area (Å²) in [6, 6.07) is 6.96. The van der Waals surface area contributed by atoms with Crippen LogP contribution in [-0.2, 0) is 0 Å². The quantitative estimate of drug-likeness (QED) is 0.628. The summed E-state index contributed by atoms with van der Waals surface area (Å²) in [5.74, 6) is 0. The first kappa shape index (κ1) is 16.4. The molecule has 0 aromatic heterocycles. The van der Waals surface area contributed by atoms with Crippen LogP contribution in [-0.4, -0.2) is 16.9 Å². The molecule has 0 amide bonds. The summed E-state index contributed by atoms with van der Waals surface area (Å²) in [5, 5.41) is 0. The van der Waals surface area contributed by atoms with E-state index in [4.69, 9.17) is 40.5 Å². The molecule has 0 spiro atoms. The Balaban J connectivity index is 2.91. The molecule has 0 heterocycles. The molecule has 0 aliphatic heterocycles. The Morgan fingerprint density at radius 2 is 1.58 bits per heavy atom. The molecule has 0 radical (unpaired) electrons. The number of halogens is 3. The minimum absolute atomic E-state index is 0.654. The van der Waals surface area contributed by atoms with Crippen LogP contribution in [0.3, 0.4) is 0 Å². The first-order valence-corrected chi connectivity index (χ1v) is 6.92. The van der Waals surface area contributed by atoms with E-state index in [-0.39, 0.29) is 0 Å². The van der Waals surface area contributed by atoms with Crippen LogP contribution in [0.5, 0.6) is 0 Å². The molecule has 1 aromatic rings. The highest BCUT2D eigenvalue weighted by Crippen LogP contribution is 2.38. The third-order valence-corrected chi connectivity index (χ3v) is 3.37. The van der Waals surface area contributed by atoms with E-state index in [1.165, 1.54) is 0 Å². The monoisotopic (exact) mass is 318 g/mol. The SMILES string of the molecule is C=CCN(CC=C)c1ccc(C(N)C(Cl)(Cl)Cl)cc1. The highest BCUT2D eigenvalue weighted by atomic mass is 35.6. The summed E-state index contributed by atoms with van der Waals surface area (Å²) in [6.45, 7) is 8.95. The summed E-state index contributed by atoms with van der Waals surface area (Å²) in [7, 11) is 0. The summed E-state index contributed by atoms with van der Waals surface area (Å²) in [5.41, 5.74) is 7.69. The minimum Gasteiger partial charge on any atom is -0.364 e. The van der Waals surface area contributed by atoms with Crippen molar-refractivity contribution in [1.82, 2.24) is 0 Å². The second kappa shape index (κ2) is 7.20. The highest BCUT2D eigenvalue weighted by molar-refractivity contribution is 6.68. The number of benzene rings is 1. The molecular formula is C14H17Cl3N2. The average molecular weight is 320 g/mol. The number of hydrogen-bond donors (Lipinski definition) is 1. The van der Waals surface area contributed by atoms with Crippen LogP contribution < -0.4 is 10.6 Å². The van der Waals surface area contributed by atoms with E-state index in [1.54, 1.807) is 0 Å². The van der Waals surface area contributed by atoms with Gasteiger partial charge in [-0.15, -0.1) is 13.2 Å². The summed E-state index contributed by atoms with van der Waals surface area (Å²) >= 11 is 17.4. The van der Waals surface area contributed by atoms with Crippen molar-refractivity contribution in [2.75, 3.05) is 18.0 Å². The molecule has 0 bridgehead atoms. The lowest BCUT2D eigenvalue weighted by Crippen LogP contribution is -2.26. The van der Waals surface area contributed by atoms with Gasteiger partial charge in [-0.2, -0.15) is 0 Å². The fraction of sp³-hybridized carbons (Fsp3) is 0.286. The van der Waals surface area contributed by atoms with Gasteiger partial charge < -0.3 is 10.6 Å². The van der Waals surface area contributed by atoms with Gasteiger partial charge in [0.15, 0.2) is 0 Å². The Hall–Kier alpha value is -0.670. The standard InChI is InChI=1S/C14H17Cl3N2/c1-3-9-19(10-4-2)12-7-5-11(6-8-12)13(18)14(15,16)17/h3-8,13H,1-2,9-10,18H2. The van der Waals surface area contributed by atoms with Gasteiger partial charge in [-0.05, 0) is 17.7 Å². The van der Waals surface area contributed by atoms with Crippen LogP contribution in [0.15, 0.2) is 49.6 Å². The van der Waals surface area contributed by atoms with Crippen molar-refractivity contribution < 1.29 is 0 Å². The largest absolute Gasteiger partial charge is 0.364 e. The van der Waals surface area contributed by atoms with Crippen LogP contribution in [0.1, 0.15) is 11.6 Å². The molecular weight excluding hydrogens is 303 g/mol. The number of anilines is 1.